The molecule has 0 nitrogen and oxygen atoms in total. The van der Waals surface area contributed by atoms with Gasteiger partial charge < -0.3 is 0 Å². The van der Waals surface area contributed by atoms with Crippen molar-refractivity contribution in [3.8, 4) is 11.1 Å². The van der Waals surface area contributed by atoms with E-state index < -0.39 is 30.7 Å². The van der Waals surface area contributed by atoms with Gasteiger partial charge in [0.15, 0.2) is 0 Å². The molecule has 0 N–H and O–H groups in total. The molecule has 678 valence electrons. The number of rotatable bonds is 23. The molecule has 0 radical (unpaired) electrons. The average molecular weight is 1800 g/mol. The smallest absolute Gasteiger partial charge is 0.108 e. The summed E-state index contributed by atoms with van der Waals surface area (Å²) in [6, 6.07) is 231. The Hall–Kier alpha value is -16.8. The maximum Gasteiger partial charge on any atom is 0.108 e. The molecule has 0 bridgehead atoms. The summed E-state index contributed by atoms with van der Waals surface area (Å²) in [7, 11) is 0. The molecule has 0 aliphatic carbocycles. The van der Waals surface area contributed by atoms with Gasteiger partial charge in [-0.05, 0) is 55.6 Å². The van der Waals surface area contributed by atoms with Crippen molar-refractivity contribution in [2.75, 3.05) is 0 Å². The highest BCUT2D eigenvalue weighted by Gasteiger charge is 2.37. The quantitative estimate of drug-likeness (QED) is 0.0442. The minimum absolute atomic E-state index is 0.913. The summed E-state index contributed by atoms with van der Waals surface area (Å²) in [5.74, 6) is 0. The summed E-state index contributed by atoms with van der Waals surface area (Å²) in [5, 5.41) is 7.66. The molecule has 0 saturated carbocycles. The van der Waals surface area contributed by atoms with Crippen LogP contribution in [0.1, 0.15) is 19.8 Å². The van der Waals surface area contributed by atoms with Crippen molar-refractivity contribution in [1.29, 1.82) is 0 Å². The minimum Gasteiger partial charge on any atom is -0.200 e. The molecule has 0 aromatic heterocycles. The van der Waals surface area contributed by atoms with Crippen LogP contribution in [0, 0.1) is 0 Å². The van der Waals surface area contributed by atoms with Crippen LogP contribution in [-0.2, 0) is 0 Å². The predicted octanol–water partition coefficient (Wildman–Crippen LogP) is 21.3. The van der Waals surface area contributed by atoms with Crippen LogP contribution in [0.25, 0.3) is 43.4 Å². The maximum absolute atomic E-state index is 2.41. The Balaban J connectivity index is 0.000000113. The number of unbranched alkanes of at least 4 members (excludes halogenated alkanes) is 1. The SMILES string of the molecule is CCCC[B-](c1ccccc1)(c1ccccc1)c1ccccc1.c1ccc(-c2ccc([B-](c3ccccc3)(c3ccccc3)c3ccccc3)cc2)cc1.c1ccc([B-](c2ccccc2)(c2ccccc2)c2ccc3cc4ccccc4cc3c2)cc1.c1ccc([B-](c2ccccc2)(c2ccccc2)c2ccc3ccccc3c2)cc1.c1ccc([B-](c2ccccc2)(c2ccccc2)c2ccccc2)cc1. The van der Waals surface area contributed by atoms with Crippen LogP contribution in [0.4, 0.5) is 0 Å². The molecule has 0 aliphatic rings. The first kappa shape index (κ1) is 93.2. The molecular formula is C136H114B5-5. The van der Waals surface area contributed by atoms with Crippen LogP contribution in [0.3, 0.4) is 0 Å². The highest BCUT2D eigenvalue weighted by atomic mass is 14.2. The van der Waals surface area contributed by atoms with Gasteiger partial charge in [-0.3, -0.25) is 0 Å². The van der Waals surface area contributed by atoms with Crippen LogP contribution in [0.5, 0.6) is 0 Å². The average Bonchev–Trinajstić information content (AvgIpc) is 0.724. The first-order valence-corrected chi connectivity index (χ1v) is 50.2. The number of hydrogen-bond donors (Lipinski definition) is 0. The standard InChI is InChI=1S/C32H24B.C30H24B.C28H22B.C24H20B.C22H24B/c1-4-14-29(15-5-1)33(30-16-6-2-7-17-30,31-18-8-3-9-19-31)32-21-20-27-22-25-12-10-11-13-26(25)23-28(27)24-32;1-5-13-25(14-6-1)26-21-23-30(24-22-26)31(27-15-7-2-8-16-27,28-17-9-3-10-18-28)29-19-11-4-12-20-29;1-4-14-25(15-5-1)29(26-16-6-2-7-17-26,27-18-8-3-9-19-27)28-21-20-23-12-10-11-13-24(23)22-28;1-5-13-21(14-6-1)25(22-15-7-2-8-16-22,23-17-9-3-10-18-23)24-19-11-4-12-20-24;1-2-3-19-23(20-13-7-4-8-14-20,21-15-9-5-10-16-21)22-17-11-6-12-18-22/h1-24H;1-24H;1-22H;1-20H;4-18H,2-3,19H2,1H3/q5*-1. The van der Waals surface area contributed by atoms with Crippen molar-refractivity contribution in [3.05, 3.63) is 637 Å². The molecular weight excluding hydrogens is 1690 g/mol. The third kappa shape index (κ3) is 19.5. The van der Waals surface area contributed by atoms with E-state index in [1.807, 2.05) is 0 Å². The molecule has 0 heterocycles. The van der Waals surface area contributed by atoms with Crippen molar-refractivity contribution in [3.63, 3.8) is 0 Å². The van der Waals surface area contributed by atoms with Crippen molar-refractivity contribution in [1.82, 2.24) is 0 Å². The van der Waals surface area contributed by atoms with Crippen molar-refractivity contribution in [2.45, 2.75) is 26.1 Å². The fourth-order valence-corrected chi connectivity index (χ4v) is 23.5. The van der Waals surface area contributed by atoms with Gasteiger partial charge >= 0.3 is 0 Å². The second-order valence-corrected chi connectivity index (χ2v) is 37.6. The van der Waals surface area contributed by atoms with E-state index in [2.05, 4.69) is 644 Å². The van der Waals surface area contributed by atoms with Gasteiger partial charge in [0.05, 0.1) is 6.15 Å². The van der Waals surface area contributed by atoms with E-state index in [0.29, 0.717) is 0 Å². The highest BCUT2D eigenvalue weighted by Crippen LogP contribution is 2.27. The maximum atomic E-state index is 2.41. The van der Waals surface area contributed by atoms with E-state index in [1.165, 1.54) is 166 Å². The molecule has 23 rings (SSSR count). The lowest BCUT2D eigenvalue weighted by Crippen LogP contribution is -2.74. The largest absolute Gasteiger partial charge is 0.200 e. The fourth-order valence-electron chi connectivity index (χ4n) is 23.5. The summed E-state index contributed by atoms with van der Waals surface area (Å²) in [4.78, 5) is 0. The van der Waals surface area contributed by atoms with E-state index in [1.54, 1.807) is 0 Å². The van der Waals surface area contributed by atoms with E-state index in [9.17, 15) is 0 Å². The predicted molar refractivity (Wildman–Crippen MR) is 622 cm³/mol. The van der Waals surface area contributed by atoms with Gasteiger partial charge in [-0.25, -0.2) is 0 Å². The Morgan fingerprint density at radius 3 is 0.518 bits per heavy atom. The van der Waals surface area contributed by atoms with Gasteiger partial charge in [0.1, 0.15) is 24.6 Å². The Bertz CT molecular complexity index is 7220. The molecule has 0 spiro atoms. The molecule has 141 heavy (non-hydrogen) atoms. The van der Waals surface area contributed by atoms with Crippen LogP contribution in [0.15, 0.2) is 637 Å². The molecule has 23 aromatic carbocycles. The van der Waals surface area contributed by atoms with Gasteiger partial charge in [0.2, 0.25) is 0 Å². The minimum atomic E-state index is -1.35. The Morgan fingerprint density at radius 1 is 0.121 bits per heavy atom. The van der Waals surface area contributed by atoms with Crippen LogP contribution in [-0.4, -0.2) is 30.7 Å². The number of hydrogen-bond acceptors (Lipinski definition) is 0. The topological polar surface area (TPSA) is 0 Å². The summed E-state index contributed by atoms with van der Waals surface area (Å²) < 4.78 is 0. The second-order valence-electron chi connectivity index (χ2n) is 37.6. The Kier molecular flexibility index (Phi) is 29.7. The summed E-state index contributed by atoms with van der Waals surface area (Å²) in [6.45, 7) is 2.28. The molecule has 5 heteroatoms. The van der Waals surface area contributed by atoms with Crippen LogP contribution >= 0.6 is 0 Å². The van der Waals surface area contributed by atoms with Gasteiger partial charge in [-0.2, -0.15) is 110 Å². The summed E-state index contributed by atoms with van der Waals surface area (Å²) >= 11 is 0. The van der Waals surface area contributed by atoms with Crippen LogP contribution < -0.4 is 104 Å². The highest BCUT2D eigenvalue weighted by molar-refractivity contribution is 7.22. The zero-order valence-electron chi connectivity index (χ0n) is 80.1. The zero-order chi connectivity index (χ0) is 95.5. The van der Waals surface area contributed by atoms with Gasteiger partial charge in [0.25, 0.3) is 0 Å². The van der Waals surface area contributed by atoms with Gasteiger partial charge in [-0.15, -0.1) is 0 Å². The second kappa shape index (κ2) is 45.0. The van der Waals surface area contributed by atoms with E-state index >= 15 is 0 Å². The molecule has 0 aliphatic heterocycles. The lowest BCUT2D eigenvalue weighted by Gasteiger charge is -2.44. The van der Waals surface area contributed by atoms with E-state index in [4.69, 9.17) is 0 Å². The Morgan fingerprint density at radius 2 is 0.277 bits per heavy atom. The first-order chi connectivity index (χ1) is 69.9. The Labute approximate surface area is 834 Å². The lowest BCUT2D eigenvalue weighted by molar-refractivity contribution is 0.874. The first-order valence-electron chi connectivity index (χ1n) is 50.2. The third-order valence-corrected chi connectivity index (χ3v) is 30.0. The van der Waals surface area contributed by atoms with Gasteiger partial charge in [-0.1, -0.05) is 645 Å². The molecule has 0 fully saturated rings. The molecule has 0 amide bonds. The number of fused-ring (bicyclic) bond motifs is 3. The van der Waals surface area contributed by atoms with Crippen molar-refractivity contribution in [2.24, 2.45) is 0 Å². The zero-order valence-corrected chi connectivity index (χ0v) is 80.1. The number of benzene rings is 23. The lowest BCUT2D eigenvalue weighted by atomic mass is 9.13. The molecule has 0 saturated heterocycles. The third-order valence-electron chi connectivity index (χ3n) is 30.0. The van der Waals surface area contributed by atoms with Crippen molar-refractivity contribution < 1.29 is 0 Å². The van der Waals surface area contributed by atoms with E-state index in [0.717, 1.165) is 0 Å². The van der Waals surface area contributed by atoms with Crippen LogP contribution in [0.2, 0.25) is 6.32 Å². The molecule has 23 aromatic rings. The summed E-state index contributed by atoms with van der Waals surface area (Å²) in [5.41, 5.74) is 28.1. The normalized spacial score (nSPS) is 11.4. The van der Waals surface area contributed by atoms with Crippen molar-refractivity contribution >= 4 is 167 Å². The molecule has 0 atom stereocenters. The monoisotopic (exact) mass is 1800 g/mol. The van der Waals surface area contributed by atoms with Gasteiger partial charge in [0, 0.05) is 0 Å². The molecule has 0 unspecified atom stereocenters. The summed E-state index contributed by atoms with van der Waals surface area (Å²) in [6.07, 6.45) is -2.43. The van der Waals surface area contributed by atoms with E-state index in [-0.39, 0.29) is 0 Å². The fraction of sp³-hybridized carbons (Fsp3) is 0.0294.